The molecule has 1 aliphatic rings. The number of ether oxygens (including phenoxy) is 2. The van der Waals surface area contributed by atoms with Crippen molar-refractivity contribution in [1.82, 2.24) is 5.32 Å². The van der Waals surface area contributed by atoms with Crippen LogP contribution < -0.4 is 20.1 Å². The van der Waals surface area contributed by atoms with Crippen LogP contribution >= 0.6 is 0 Å². The molecule has 3 N–H and O–H groups in total. The van der Waals surface area contributed by atoms with Gasteiger partial charge >= 0.3 is 11.8 Å². The van der Waals surface area contributed by atoms with E-state index in [1.807, 2.05) is 5.32 Å². The number of rotatable bonds is 4. The number of carbonyl (C=O) groups excluding carboxylic acids is 2. The molecule has 0 fully saturated rings. The van der Waals surface area contributed by atoms with E-state index in [-0.39, 0.29) is 6.54 Å². The normalized spacial score (nSPS) is 13.6. The maximum Gasteiger partial charge on any atom is 0.313 e. The summed E-state index contributed by atoms with van der Waals surface area (Å²) in [5.41, 5.74) is -0.00123. The molecule has 0 aliphatic carbocycles. The number of aliphatic hydroxyl groups is 1. The van der Waals surface area contributed by atoms with Crippen LogP contribution in [0.5, 0.6) is 11.5 Å². The highest BCUT2D eigenvalue weighted by Gasteiger charge is 2.19. The molecule has 0 spiro atoms. The molecular formula is C18H16F2N2O5. The number of halogens is 2. The average Bonchev–Trinajstić information content (AvgIpc) is 2.68. The number of anilines is 1. The third-order valence-electron chi connectivity index (χ3n) is 3.79. The van der Waals surface area contributed by atoms with Gasteiger partial charge in [0.1, 0.15) is 24.8 Å². The van der Waals surface area contributed by atoms with Crippen LogP contribution in [0.2, 0.25) is 0 Å². The lowest BCUT2D eigenvalue weighted by Gasteiger charge is -2.20. The first-order chi connectivity index (χ1) is 12.9. The van der Waals surface area contributed by atoms with Crippen molar-refractivity contribution in [2.45, 2.75) is 6.10 Å². The van der Waals surface area contributed by atoms with E-state index in [1.54, 1.807) is 18.2 Å². The third-order valence-corrected chi connectivity index (χ3v) is 3.79. The summed E-state index contributed by atoms with van der Waals surface area (Å²) in [5.74, 6) is -2.90. The van der Waals surface area contributed by atoms with Crippen molar-refractivity contribution in [2.24, 2.45) is 0 Å². The van der Waals surface area contributed by atoms with E-state index >= 15 is 0 Å². The van der Waals surface area contributed by atoms with Gasteiger partial charge in [0.25, 0.3) is 0 Å². The highest BCUT2D eigenvalue weighted by Crippen LogP contribution is 2.32. The van der Waals surface area contributed by atoms with E-state index in [2.05, 4.69) is 5.32 Å². The van der Waals surface area contributed by atoms with Gasteiger partial charge in [-0.3, -0.25) is 9.59 Å². The Morgan fingerprint density at radius 1 is 1.04 bits per heavy atom. The Hall–Kier alpha value is -3.20. The van der Waals surface area contributed by atoms with Crippen LogP contribution in [0.25, 0.3) is 0 Å². The van der Waals surface area contributed by atoms with Gasteiger partial charge in [0.15, 0.2) is 11.5 Å². The van der Waals surface area contributed by atoms with Crippen molar-refractivity contribution in [2.75, 3.05) is 25.1 Å². The summed E-state index contributed by atoms with van der Waals surface area (Å²) in [6.07, 6.45) is -1.11. The van der Waals surface area contributed by atoms with Gasteiger partial charge in [-0.1, -0.05) is 6.07 Å². The molecule has 0 radical (unpaired) electrons. The van der Waals surface area contributed by atoms with Crippen LogP contribution in [0, 0.1) is 11.6 Å². The second-order valence-electron chi connectivity index (χ2n) is 5.71. The minimum atomic E-state index is -1.19. The van der Waals surface area contributed by atoms with Gasteiger partial charge in [0.05, 0.1) is 11.8 Å². The molecule has 3 rings (SSSR count). The molecule has 0 unspecified atom stereocenters. The summed E-state index contributed by atoms with van der Waals surface area (Å²) in [4.78, 5) is 23.6. The summed E-state index contributed by atoms with van der Waals surface area (Å²) >= 11 is 0. The number of hydrogen-bond acceptors (Lipinski definition) is 5. The molecule has 2 aromatic rings. The van der Waals surface area contributed by atoms with Crippen molar-refractivity contribution in [3.63, 3.8) is 0 Å². The Kier molecular flexibility index (Phi) is 5.51. The molecule has 7 nitrogen and oxygen atoms in total. The van der Waals surface area contributed by atoms with Crippen LogP contribution in [0.4, 0.5) is 14.5 Å². The van der Waals surface area contributed by atoms with Gasteiger partial charge in [-0.05, 0) is 29.8 Å². The van der Waals surface area contributed by atoms with Crippen molar-refractivity contribution in [3.05, 3.63) is 53.6 Å². The largest absolute Gasteiger partial charge is 0.486 e. The molecule has 1 atom stereocenters. The molecule has 1 aliphatic heterocycles. The Morgan fingerprint density at radius 2 is 1.78 bits per heavy atom. The predicted octanol–water partition coefficient (Wildman–Crippen LogP) is 1.52. The minimum absolute atomic E-state index is 0.266. The van der Waals surface area contributed by atoms with E-state index in [1.165, 1.54) is 0 Å². The van der Waals surface area contributed by atoms with Crippen molar-refractivity contribution >= 4 is 17.5 Å². The topological polar surface area (TPSA) is 96.9 Å². The standard InChI is InChI=1S/C18H16F2N2O5/c19-11-2-3-12(20)13(8-11)22-18(25)17(24)21-9-14(23)10-1-4-15-16(7-10)27-6-5-26-15/h1-4,7-8,14,23H,5-6,9H2,(H,21,24)(H,22,25)/t14-/m0/s1. The molecule has 1 heterocycles. The highest BCUT2D eigenvalue weighted by molar-refractivity contribution is 6.39. The van der Waals surface area contributed by atoms with Gasteiger partial charge in [0.2, 0.25) is 0 Å². The molecule has 0 aromatic heterocycles. The number of aliphatic hydroxyl groups excluding tert-OH is 1. The van der Waals surface area contributed by atoms with E-state index in [4.69, 9.17) is 9.47 Å². The lowest BCUT2D eigenvalue weighted by Crippen LogP contribution is -2.37. The smallest absolute Gasteiger partial charge is 0.313 e. The Bertz CT molecular complexity index is 875. The molecule has 0 bridgehead atoms. The molecule has 142 valence electrons. The first-order valence-corrected chi connectivity index (χ1v) is 8.06. The Balaban J connectivity index is 1.56. The zero-order valence-corrected chi connectivity index (χ0v) is 14.0. The molecule has 9 heteroatoms. The Labute approximate surface area is 152 Å². The van der Waals surface area contributed by atoms with Crippen LogP contribution in [0.1, 0.15) is 11.7 Å². The summed E-state index contributed by atoms with van der Waals surface area (Å²) in [6.45, 7) is 0.559. The lowest BCUT2D eigenvalue weighted by atomic mass is 10.1. The fourth-order valence-corrected chi connectivity index (χ4v) is 2.43. The number of benzene rings is 2. The zero-order chi connectivity index (χ0) is 19.4. The number of hydrogen-bond donors (Lipinski definition) is 3. The maximum atomic E-state index is 13.5. The number of carbonyl (C=O) groups is 2. The van der Waals surface area contributed by atoms with Gasteiger partial charge in [-0.15, -0.1) is 0 Å². The second kappa shape index (κ2) is 8.00. The van der Waals surface area contributed by atoms with Gasteiger partial charge in [0, 0.05) is 12.6 Å². The number of fused-ring (bicyclic) bond motifs is 1. The Morgan fingerprint density at radius 3 is 2.56 bits per heavy atom. The summed E-state index contributed by atoms with van der Waals surface area (Å²) in [6, 6.07) is 7.28. The predicted molar refractivity (Wildman–Crippen MR) is 90.4 cm³/mol. The van der Waals surface area contributed by atoms with Crippen molar-refractivity contribution in [1.29, 1.82) is 0 Å². The first-order valence-electron chi connectivity index (χ1n) is 8.06. The molecule has 0 saturated carbocycles. The minimum Gasteiger partial charge on any atom is -0.486 e. The van der Waals surface area contributed by atoms with E-state index in [0.29, 0.717) is 30.3 Å². The molecular weight excluding hydrogens is 362 g/mol. The van der Waals surface area contributed by atoms with Crippen LogP contribution in [0.3, 0.4) is 0 Å². The summed E-state index contributed by atoms with van der Waals surface area (Å²) in [7, 11) is 0. The second-order valence-corrected chi connectivity index (χ2v) is 5.71. The van der Waals surface area contributed by atoms with E-state index < -0.39 is 35.2 Å². The van der Waals surface area contributed by atoms with E-state index in [9.17, 15) is 23.5 Å². The van der Waals surface area contributed by atoms with Gasteiger partial charge in [-0.25, -0.2) is 8.78 Å². The van der Waals surface area contributed by atoms with Crippen molar-refractivity contribution in [3.8, 4) is 11.5 Å². The quantitative estimate of drug-likeness (QED) is 0.701. The summed E-state index contributed by atoms with van der Waals surface area (Å²) in [5, 5.41) is 14.4. The fourth-order valence-electron chi connectivity index (χ4n) is 2.43. The van der Waals surface area contributed by atoms with Crippen molar-refractivity contribution < 1.29 is 33.0 Å². The maximum absolute atomic E-state index is 13.5. The zero-order valence-electron chi connectivity index (χ0n) is 14.0. The number of nitrogens with one attached hydrogen (secondary N) is 2. The summed E-state index contributed by atoms with van der Waals surface area (Å²) < 4.78 is 37.4. The number of amides is 2. The monoisotopic (exact) mass is 378 g/mol. The average molecular weight is 378 g/mol. The van der Waals surface area contributed by atoms with Crippen LogP contribution in [-0.2, 0) is 9.59 Å². The molecule has 2 amide bonds. The van der Waals surface area contributed by atoms with Gasteiger partial charge in [-0.2, -0.15) is 0 Å². The fraction of sp³-hybridized carbons (Fsp3) is 0.222. The SMILES string of the molecule is O=C(NC[C@H](O)c1ccc2c(c1)OCCO2)C(=O)Nc1cc(F)ccc1F. The van der Waals surface area contributed by atoms with Crippen LogP contribution in [-0.4, -0.2) is 36.7 Å². The molecule has 27 heavy (non-hydrogen) atoms. The highest BCUT2D eigenvalue weighted by atomic mass is 19.1. The third kappa shape index (κ3) is 4.50. The van der Waals surface area contributed by atoms with E-state index in [0.717, 1.165) is 18.2 Å². The first kappa shape index (κ1) is 18.6. The van der Waals surface area contributed by atoms with Crippen LogP contribution in [0.15, 0.2) is 36.4 Å². The lowest BCUT2D eigenvalue weighted by molar-refractivity contribution is -0.136. The molecule has 2 aromatic carbocycles. The molecule has 0 saturated heterocycles. The van der Waals surface area contributed by atoms with Gasteiger partial charge < -0.3 is 25.2 Å².